The summed E-state index contributed by atoms with van der Waals surface area (Å²) in [7, 11) is 0. The van der Waals surface area contributed by atoms with E-state index < -0.39 is 17.9 Å². The Bertz CT molecular complexity index is 967. The second-order valence-electron chi connectivity index (χ2n) is 6.58. The van der Waals surface area contributed by atoms with Crippen LogP contribution >= 0.6 is 0 Å². The Balaban J connectivity index is 1.91. The zero-order valence-corrected chi connectivity index (χ0v) is 15.4. The maximum Gasteiger partial charge on any atom is 0.326 e. The van der Waals surface area contributed by atoms with Crippen molar-refractivity contribution in [2.75, 3.05) is 5.32 Å². The van der Waals surface area contributed by atoms with Crippen LogP contribution in [0.25, 0.3) is 0 Å². The molecule has 2 unspecified atom stereocenters. The molecule has 0 radical (unpaired) electrons. The summed E-state index contributed by atoms with van der Waals surface area (Å²) in [6, 6.07) is 21.3. The molecule has 0 amide bonds. The number of benzene rings is 3. The first-order valence-corrected chi connectivity index (χ1v) is 8.94. The van der Waals surface area contributed by atoms with Crippen LogP contribution in [0.2, 0.25) is 0 Å². The molecule has 3 rings (SSSR count). The molecule has 5 heteroatoms. The quantitative estimate of drug-likeness (QED) is 0.536. The van der Waals surface area contributed by atoms with E-state index >= 15 is 0 Å². The van der Waals surface area contributed by atoms with Crippen molar-refractivity contribution >= 4 is 17.4 Å². The number of anilines is 1. The first-order valence-electron chi connectivity index (χ1n) is 8.94. The average molecular weight is 375 g/mol. The molecule has 3 aromatic rings. The van der Waals surface area contributed by atoms with Gasteiger partial charge in [-0.05, 0) is 29.8 Å². The molecule has 0 bridgehead atoms. The maximum atomic E-state index is 12.9. The summed E-state index contributed by atoms with van der Waals surface area (Å²) in [6.45, 7) is 1.79. The van der Waals surface area contributed by atoms with E-state index in [2.05, 4.69) is 5.32 Å². The third kappa shape index (κ3) is 4.20. The molecule has 0 aliphatic rings. The third-order valence-electron chi connectivity index (χ3n) is 4.70. The average Bonchev–Trinajstić information content (AvgIpc) is 2.72. The van der Waals surface area contributed by atoms with E-state index in [1.165, 1.54) is 12.1 Å². The van der Waals surface area contributed by atoms with Crippen molar-refractivity contribution in [3.8, 4) is 5.75 Å². The van der Waals surface area contributed by atoms with Gasteiger partial charge in [-0.15, -0.1) is 0 Å². The Morgan fingerprint density at radius 3 is 2.11 bits per heavy atom. The fraction of sp³-hybridized carbons (Fsp3) is 0.130. The smallest absolute Gasteiger partial charge is 0.326 e. The van der Waals surface area contributed by atoms with Crippen LogP contribution in [0.5, 0.6) is 5.75 Å². The zero-order chi connectivity index (χ0) is 20.1. The van der Waals surface area contributed by atoms with Crippen molar-refractivity contribution in [2.45, 2.75) is 18.9 Å². The first kappa shape index (κ1) is 19.2. The largest absolute Gasteiger partial charge is 0.508 e. The Hall–Kier alpha value is -3.60. The Morgan fingerprint density at radius 1 is 0.857 bits per heavy atom. The van der Waals surface area contributed by atoms with Crippen LogP contribution < -0.4 is 5.32 Å². The number of carbonyl (C=O) groups excluding carboxylic acids is 1. The number of nitrogens with one attached hydrogen (secondary N) is 1. The number of hydrogen-bond donors (Lipinski definition) is 3. The lowest BCUT2D eigenvalue weighted by Crippen LogP contribution is -2.35. The van der Waals surface area contributed by atoms with Crippen molar-refractivity contribution < 1.29 is 19.8 Å². The number of phenolic OH excluding ortho intramolecular Hbond substituents is 1. The summed E-state index contributed by atoms with van der Waals surface area (Å²) < 4.78 is 0. The Kier molecular flexibility index (Phi) is 5.75. The number of carboxylic acid groups (broad SMARTS) is 1. The minimum absolute atomic E-state index is 0.120. The van der Waals surface area contributed by atoms with Crippen LogP contribution in [0, 0.1) is 0 Å². The van der Waals surface area contributed by atoms with E-state index in [4.69, 9.17) is 0 Å². The van der Waals surface area contributed by atoms with Crippen LogP contribution in [0.4, 0.5) is 5.69 Å². The monoisotopic (exact) mass is 375 g/mol. The van der Waals surface area contributed by atoms with Crippen molar-refractivity contribution in [1.82, 2.24) is 0 Å². The van der Waals surface area contributed by atoms with Gasteiger partial charge in [-0.1, -0.05) is 61.5 Å². The number of ketones is 1. The van der Waals surface area contributed by atoms with Crippen molar-refractivity contribution in [1.29, 1.82) is 0 Å². The van der Waals surface area contributed by atoms with Gasteiger partial charge in [-0.25, -0.2) is 4.79 Å². The van der Waals surface area contributed by atoms with Gasteiger partial charge in [0.1, 0.15) is 11.8 Å². The number of para-hydroxylation sites is 1. The van der Waals surface area contributed by atoms with Crippen molar-refractivity contribution in [2.24, 2.45) is 0 Å². The van der Waals surface area contributed by atoms with Crippen molar-refractivity contribution in [3.05, 3.63) is 95.6 Å². The molecule has 0 aliphatic carbocycles. The molecule has 2 atom stereocenters. The summed E-state index contributed by atoms with van der Waals surface area (Å²) in [4.78, 5) is 24.8. The summed E-state index contributed by atoms with van der Waals surface area (Å²) >= 11 is 0. The number of aliphatic carboxylic acids is 1. The van der Waals surface area contributed by atoms with E-state index in [0.29, 0.717) is 16.8 Å². The predicted molar refractivity (Wildman–Crippen MR) is 108 cm³/mol. The number of carbonyl (C=O) groups is 2. The minimum atomic E-state index is -1.03. The number of phenols is 1. The standard InChI is InChI=1S/C23H21NO4/c1-15(16-11-13-18(25)14-12-16)21(23(27)28)24-20-10-6-5-9-19(20)22(26)17-7-3-2-4-8-17/h2-15,21,24-25H,1H3,(H,27,28). The molecule has 0 aliphatic heterocycles. The lowest BCUT2D eigenvalue weighted by molar-refractivity contribution is -0.138. The second kappa shape index (κ2) is 8.39. The van der Waals surface area contributed by atoms with Crippen LogP contribution in [-0.2, 0) is 4.79 Å². The molecule has 0 heterocycles. The van der Waals surface area contributed by atoms with E-state index in [9.17, 15) is 19.8 Å². The summed E-state index contributed by atoms with van der Waals surface area (Å²) in [5.74, 6) is -1.47. The Morgan fingerprint density at radius 2 is 1.46 bits per heavy atom. The van der Waals surface area contributed by atoms with Gasteiger partial charge in [0.2, 0.25) is 0 Å². The minimum Gasteiger partial charge on any atom is -0.508 e. The van der Waals surface area contributed by atoms with Crippen LogP contribution in [0.1, 0.15) is 34.3 Å². The van der Waals surface area contributed by atoms with Gasteiger partial charge in [0.25, 0.3) is 0 Å². The number of hydrogen-bond acceptors (Lipinski definition) is 4. The molecule has 142 valence electrons. The normalized spacial score (nSPS) is 12.8. The van der Waals surface area contributed by atoms with Crippen LogP contribution in [0.3, 0.4) is 0 Å². The lowest BCUT2D eigenvalue weighted by Gasteiger charge is -2.24. The highest BCUT2D eigenvalue weighted by Gasteiger charge is 2.27. The number of aromatic hydroxyl groups is 1. The molecule has 3 aromatic carbocycles. The third-order valence-corrected chi connectivity index (χ3v) is 4.70. The van der Waals surface area contributed by atoms with Gasteiger partial charge < -0.3 is 15.5 Å². The van der Waals surface area contributed by atoms with E-state index in [0.717, 1.165) is 5.56 Å². The summed E-state index contributed by atoms with van der Waals surface area (Å²) in [5.41, 5.74) is 2.19. The van der Waals surface area contributed by atoms with E-state index in [-0.39, 0.29) is 11.5 Å². The van der Waals surface area contributed by atoms with Gasteiger partial charge in [-0.2, -0.15) is 0 Å². The summed E-state index contributed by atoms with van der Waals surface area (Å²) in [6.07, 6.45) is 0. The van der Waals surface area contributed by atoms with Gasteiger partial charge in [-0.3, -0.25) is 4.79 Å². The summed E-state index contributed by atoms with van der Waals surface area (Å²) in [5, 5.41) is 22.3. The highest BCUT2D eigenvalue weighted by molar-refractivity contribution is 6.12. The molecule has 28 heavy (non-hydrogen) atoms. The fourth-order valence-corrected chi connectivity index (χ4v) is 3.09. The first-order chi connectivity index (χ1) is 13.5. The number of carboxylic acids is 1. The molecule has 0 spiro atoms. The maximum absolute atomic E-state index is 12.9. The molecule has 0 fully saturated rings. The second-order valence-corrected chi connectivity index (χ2v) is 6.58. The molecule has 0 saturated carbocycles. The molecule has 5 nitrogen and oxygen atoms in total. The highest BCUT2D eigenvalue weighted by atomic mass is 16.4. The van der Waals surface area contributed by atoms with E-state index in [1.807, 2.05) is 6.07 Å². The molecule has 0 aromatic heterocycles. The lowest BCUT2D eigenvalue weighted by atomic mass is 9.92. The van der Waals surface area contributed by atoms with E-state index in [1.54, 1.807) is 67.6 Å². The molecule has 3 N–H and O–H groups in total. The fourth-order valence-electron chi connectivity index (χ4n) is 3.09. The predicted octanol–water partition coefficient (Wildman–Crippen LogP) is 4.29. The molecular formula is C23H21NO4. The van der Waals surface area contributed by atoms with Gasteiger partial charge in [0.05, 0.1) is 0 Å². The highest BCUT2D eigenvalue weighted by Crippen LogP contribution is 2.27. The number of rotatable bonds is 7. The Labute approximate surface area is 163 Å². The van der Waals surface area contributed by atoms with Gasteiger partial charge >= 0.3 is 5.97 Å². The van der Waals surface area contributed by atoms with Gasteiger partial charge in [0.15, 0.2) is 5.78 Å². The zero-order valence-electron chi connectivity index (χ0n) is 15.4. The molecule has 0 saturated heterocycles. The SMILES string of the molecule is CC(c1ccc(O)cc1)C(Nc1ccccc1C(=O)c1ccccc1)C(=O)O. The van der Waals surface area contributed by atoms with Crippen LogP contribution in [0.15, 0.2) is 78.9 Å². The molecular weight excluding hydrogens is 354 g/mol. The van der Waals surface area contributed by atoms with Crippen molar-refractivity contribution in [3.63, 3.8) is 0 Å². The van der Waals surface area contributed by atoms with Gasteiger partial charge in [0, 0.05) is 22.7 Å². The topological polar surface area (TPSA) is 86.6 Å². The van der Waals surface area contributed by atoms with Crippen LogP contribution in [-0.4, -0.2) is 28.0 Å².